The van der Waals surface area contributed by atoms with E-state index in [1.54, 1.807) is 0 Å². The minimum Gasteiger partial charge on any atom is -0.462 e. The maximum atomic E-state index is 12.6. The summed E-state index contributed by atoms with van der Waals surface area (Å²) in [5.74, 6) is -0.968. The van der Waals surface area contributed by atoms with Crippen LogP contribution in [0.3, 0.4) is 0 Å². The molecular weight excluding hydrogens is 767 g/mol. The van der Waals surface area contributed by atoms with Crippen LogP contribution in [0.4, 0.5) is 0 Å². The highest BCUT2D eigenvalue weighted by atomic mass is 31.2. The Morgan fingerprint density at radius 3 is 1.41 bits per heavy atom. The highest BCUT2D eigenvalue weighted by molar-refractivity contribution is 7.47. The largest absolute Gasteiger partial charge is 0.472 e. The van der Waals surface area contributed by atoms with Gasteiger partial charge in [-0.15, -0.1) is 0 Å². The third-order valence-corrected chi connectivity index (χ3v) is 10.9. The monoisotopic (exact) mass is 855 g/mol. The lowest BCUT2D eigenvalue weighted by Crippen LogP contribution is -2.29. The lowest BCUT2D eigenvalue weighted by Gasteiger charge is -2.20. The molecule has 0 aromatic rings. The van der Waals surface area contributed by atoms with E-state index in [0.717, 1.165) is 57.8 Å². The van der Waals surface area contributed by atoms with Gasteiger partial charge in [-0.05, 0) is 51.4 Å². The molecule has 0 fully saturated rings. The summed E-state index contributed by atoms with van der Waals surface area (Å²) in [7, 11) is -4.63. The van der Waals surface area contributed by atoms with Crippen molar-refractivity contribution in [2.45, 2.75) is 219 Å². The van der Waals surface area contributed by atoms with Crippen LogP contribution in [0.5, 0.6) is 0 Å². The van der Waals surface area contributed by atoms with Crippen molar-refractivity contribution in [2.75, 3.05) is 26.4 Å². The second-order valence-corrected chi connectivity index (χ2v) is 17.2. The quantitative estimate of drug-likeness (QED) is 0.0234. The van der Waals surface area contributed by atoms with E-state index >= 15 is 0 Å². The van der Waals surface area contributed by atoms with Crippen LogP contribution >= 0.6 is 7.82 Å². The van der Waals surface area contributed by atoms with E-state index in [-0.39, 0.29) is 19.4 Å². The van der Waals surface area contributed by atoms with Crippen molar-refractivity contribution in [1.82, 2.24) is 0 Å². The molecule has 3 N–H and O–H groups in total. The first-order chi connectivity index (χ1) is 28.7. The maximum Gasteiger partial charge on any atom is 0.472 e. The topological polar surface area (TPSA) is 149 Å². The van der Waals surface area contributed by atoms with Gasteiger partial charge in [0, 0.05) is 12.8 Å². The molecule has 0 saturated heterocycles. The fraction of sp³-hybridized carbons (Fsp3) is 0.792. The molecule has 0 radical (unpaired) electrons. The first-order valence-corrected chi connectivity index (χ1v) is 25.1. The van der Waals surface area contributed by atoms with Crippen LogP contribution in [-0.2, 0) is 32.7 Å². The van der Waals surface area contributed by atoms with Gasteiger partial charge in [0.1, 0.15) is 12.7 Å². The SMILES string of the molecule is CC/C=C/C/C=C/C/C=C/C/C=C/CCCCC(=O)O[C@@H](COC(=O)CCCCCCCCCCCCCCCCCCCCCCC)COP(=O)(O)OC[C@H](O)CO. The van der Waals surface area contributed by atoms with Gasteiger partial charge in [0.05, 0.1) is 19.8 Å². The molecule has 0 heterocycles. The summed E-state index contributed by atoms with van der Waals surface area (Å²) in [6, 6.07) is 0. The Morgan fingerprint density at radius 1 is 0.525 bits per heavy atom. The molecule has 3 atom stereocenters. The summed E-state index contributed by atoms with van der Waals surface area (Å²) in [5.41, 5.74) is 0. The van der Waals surface area contributed by atoms with Crippen LogP contribution in [0, 0.1) is 0 Å². The van der Waals surface area contributed by atoms with Gasteiger partial charge in [-0.3, -0.25) is 18.6 Å². The zero-order chi connectivity index (χ0) is 43.3. The summed E-state index contributed by atoms with van der Waals surface area (Å²) in [5, 5.41) is 18.4. The first kappa shape index (κ1) is 56.9. The highest BCUT2D eigenvalue weighted by Gasteiger charge is 2.27. The smallest absolute Gasteiger partial charge is 0.462 e. The van der Waals surface area contributed by atoms with Gasteiger partial charge in [-0.1, -0.05) is 191 Å². The van der Waals surface area contributed by atoms with Gasteiger partial charge < -0.3 is 24.6 Å². The van der Waals surface area contributed by atoms with E-state index in [4.69, 9.17) is 23.6 Å². The van der Waals surface area contributed by atoms with Crippen molar-refractivity contribution in [3.8, 4) is 0 Å². The van der Waals surface area contributed by atoms with Gasteiger partial charge in [0.2, 0.25) is 0 Å². The van der Waals surface area contributed by atoms with Crippen LogP contribution in [-0.4, -0.2) is 65.7 Å². The number of carbonyl (C=O) groups excluding carboxylic acids is 2. The van der Waals surface area contributed by atoms with Crippen molar-refractivity contribution in [1.29, 1.82) is 0 Å². The molecule has 10 nitrogen and oxygen atoms in total. The zero-order valence-corrected chi connectivity index (χ0v) is 38.4. The van der Waals surface area contributed by atoms with Crippen LogP contribution in [0.1, 0.15) is 206 Å². The van der Waals surface area contributed by atoms with Crippen molar-refractivity contribution in [3.05, 3.63) is 48.6 Å². The first-order valence-electron chi connectivity index (χ1n) is 23.6. The molecule has 0 amide bonds. The number of phosphoric ester groups is 1. The van der Waals surface area contributed by atoms with E-state index in [9.17, 15) is 24.2 Å². The number of carbonyl (C=O) groups is 2. The average Bonchev–Trinajstić information content (AvgIpc) is 3.22. The standard InChI is InChI=1S/C48H87O10P/c1-3-5-7-9-11-13-15-17-19-20-21-22-23-24-26-27-29-31-33-35-37-39-47(51)55-43-46(44-57-59(53,54)56-42-45(50)41-49)58-48(52)40-38-36-34-32-30-28-25-18-16-14-12-10-8-6-4-2/h6,8,12,14,18,25,30,32,45-46,49-50H,3-5,7,9-11,13,15-17,19-24,26-29,31,33-44H2,1-2H3,(H,53,54)/b8-6+,14-12+,25-18+,32-30+/t45-,46+/m1/s1. The van der Waals surface area contributed by atoms with Crippen LogP contribution in [0.2, 0.25) is 0 Å². The van der Waals surface area contributed by atoms with E-state index in [0.29, 0.717) is 12.8 Å². The van der Waals surface area contributed by atoms with E-state index in [2.05, 4.69) is 62.5 Å². The molecule has 11 heteroatoms. The Bertz CT molecular complexity index is 1120. The number of rotatable bonds is 44. The summed E-state index contributed by atoms with van der Waals surface area (Å²) >= 11 is 0. The second-order valence-electron chi connectivity index (χ2n) is 15.8. The number of hydrogen-bond donors (Lipinski definition) is 3. The number of ether oxygens (including phenoxy) is 2. The average molecular weight is 855 g/mol. The van der Waals surface area contributed by atoms with Crippen molar-refractivity contribution < 1.29 is 47.8 Å². The molecule has 0 saturated carbocycles. The fourth-order valence-corrected chi connectivity index (χ4v) is 7.19. The maximum absolute atomic E-state index is 12.6. The molecule has 0 aliphatic heterocycles. The molecule has 344 valence electrons. The molecule has 0 spiro atoms. The summed E-state index contributed by atoms with van der Waals surface area (Å²) in [6.07, 6.45) is 48.0. The van der Waals surface area contributed by atoms with Gasteiger partial charge >= 0.3 is 19.8 Å². The third kappa shape index (κ3) is 43.8. The molecule has 0 bridgehead atoms. The molecule has 1 unspecified atom stereocenters. The summed E-state index contributed by atoms with van der Waals surface area (Å²) in [6.45, 7) is 2.24. The van der Waals surface area contributed by atoms with Crippen LogP contribution in [0.25, 0.3) is 0 Å². The zero-order valence-electron chi connectivity index (χ0n) is 37.5. The molecule has 0 aliphatic rings. The number of allylic oxidation sites excluding steroid dienone is 8. The Labute approximate surface area is 360 Å². The van der Waals surface area contributed by atoms with Gasteiger partial charge in [-0.2, -0.15) is 0 Å². The van der Waals surface area contributed by atoms with E-state index in [1.807, 2.05) is 0 Å². The molecule has 59 heavy (non-hydrogen) atoms. The number of unbranched alkanes of at least 4 members (excludes halogenated alkanes) is 22. The molecule has 0 rings (SSSR count). The van der Waals surface area contributed by atoms with Gasteiger partial charge in [0.15, 0.2) is 6.10 Å². The molecule has 0 aromatic carbocycles. The number of esters is 2. The Hall–Kier alpha value is -2.07. The van der Waals surface area contributed by atoms with Crippen molar-refractivity contribution in [3.63, 3.8) is 0 Å². The molecular formula is C48H87O10P. The third-order valence-electron chi connectivity index (χ3n) is 10.00. The lowest BCUT2D eigenvalue weighted by atomic mass is 10.0. The number of aliphatic hydroxyl groups is 2. The summed E-state index contributed by atoms with van der Waals surface area (Å²) in [4.78, 5) is 35.0. The van der Waals surface area contributed by atoms with Crippen molar-refractivity contribution >= 4 is 19.8 Å². The highest BCUT2D eigenvalue weighted by Crippen LogP contribution is 2.43. The second kappa shape index (κ2) is 44.0. The minimum absolute atomic E-state index is 0.132. The van der Waals surface area contributed by atoms with Crippen LogP contribution < -0.4 is 0 Å². The predicted octanol–water partition coefficient (Wildman–Crippen LogP) is 12.9. The van der Waals surface area contributed by atoms with Gasteiger partial charge in [0.25, 0.3) is 0 Å². The molecule has 0 aliphatic carbocycles. The fourth-order valence-electron chi connectivity index (χ4n) is 6.40. The predicted molar refractivity (Wildman–Crippen MR) is 242 cm³/mol. The number of phosphoric acid groups is 1. The number of aliphatic hydroxyl groups excluding tert-OH is 2. The van der Waals surface area contributed by atoms with Gasteiger partial charge in [-0.25, -0.2) is 4.57 Å². The van der Waals surface area contributed by atoms with E-state index < -0.39 is 51.8 Å². The lowest BCUT2D eigenvalue weighted by molar-refractivity contribution is -0.161. The Balaban J connectivity index is 4.23. The Kier molecular flexibility index (Phi) is 42.5. The normalized spacial score (nSPS) is 14.2. The van der Waals surface area contributed by atoms with E-state index in [1.165, 1.54) is 109 Å². The minimum atomic E-state index is -4.63. The van der Waals surface area contributed by atoms with Crippen LogP contribution in [0.15, 0.2) is 48.6 Å². The molecule has 0 aromatic heterocycles. The number of hydrogen-bond acceptors (Lipinski definition) is 9. The van der Waals surface area contributed by atoms with Crippen molar-refractivity contribution in [2.24, 2.45) is 0 Å². The summed E-state index contributed by atoms with van der Waals surface area (Å²) < 4.78 is 32.7. The Morgan fingerprint density at radius 2 is 0.932 bits per heavy atom.